The Morgan fingerprint density at radius 2 is 1.27 bits per heavy atom. The molecule has 0 amide bonds. The predicted molar refractivity (Wildman–Crippen MR) is 111 cm³/mol. The van der Waals surface area contributed by atoms with Crippen molar-refractivity contribution in [3.8, 4) is 0 Å². The van der Waals surface area contributed by atoms with Crippen LogP contribution in [0, 0.1) is 5.92 Å². The molecule has 0 aliphatic heterocycles. The molecule has 8 nitrogen and oxygen atoms in total. The molecule has 0 heterocycles. The molecule has 0 saturated heterocycles. The van der Waals surface area contributed by atoms with E-state index < -0.39 is 30.6 Å². The largest absolute Gasteiger partial charge is 0.481 e. The first kappa shape index (κ1) is 27.9. The van der Waals surface area contributed by atoms with Crippen LogP contribution in [0.25, 0.3) is 0 Å². The van der Waals surface area contributed by atoms with Crippen molar-refractivity contribution in [1.82, 2.24) is 0 Å². The SMILES string of the molecule is CCCCCC(=O)OCOC(=O)C(CCCCCC(=O)O)COC(=O)CCCCC. The number of carboxylic acid groups (broad SMARTS) is 1. The molecule has 0 fully saturated rings. The first-order valence-electron chi connectivity index (χ1n) is 11.1. The molecule has 0 radical (unpaired) electrons. The second-order valence-electron chi connectivity index (χ2n) is 7.38. The Morgan fingerprint density at radius 3 is 1.83 bits per heavy atom. The Bertz CT molecular complexity index is 503. The highest BCUT2D eigenvalue weighted by Gasteiger charge is 2.22. The Labute approximate surface area is 179 Å². The number of rotatable bonds is 19. The van der Waals surface area contributed by atoms with Crippen LogP contribution in [-0.2, 0) is 33.4 Å². The maximum atomic E-state index is 12.3. The summed E-state index contributed by atoms with van der Waals surface area (Å²) < 4.78 is 15.2. The molecule has 0 spiro atoms. The number of aliphatic carboxylic acids is 1. The first-order valence-corrected chi connectivity index (χ1v) is 11.1. The molecule has 1 N–H and O–H groups in total. The lowest BCUT2D eigenvalue weighted by Gasteiger charge is -2.16. The number of unbranched alkanes of at least 4 members (excludes halogenated alkanes) is 6. The zero-order chi connectivity index (χ0) is 22.6. The molecule has 0 aliphatic carbocycles. The number of hydrogen-bond donors (Lipinski definition) is 1. The standard InChI is InChI=1S/C22H38O8/c1-3-5-8-14-20(25)28-16-18(12-10-7-11-13-19(23)24)22(27)30-17-29-21(26)15-9-6-4-2/h18H,3-17H2,1-2H3,(H,23,24). The maximum absolute atomic E-state index is 12.3. The third-order valence-corrected chi connectivity index (χ3v) is 4.61. The second kappa shape index (κ2) is 18.9. The van der Waals surface area contributed by atoms with E-state index in [2.05, 4.69) is 0 Å². The number of hydrogen-bond acceptors (Lipinski definition) is 7. The minimum atomic E-state index is -0.854. The topological polar surface area (TPSA) is 116 Å². The van der Waals surface area contributed by atoms with Gasteiger partial charge >= 0.3 is 23.9 Å². The van der Waals surface area contributed by atoms with Crippen LogP contribution >= 0.6 is 0 Å². The zero-order valence-electron chi connectivity index (χ0n) is 18.5. The van der Waals surface area contributed by atoms with E-state index >= 15 is 0 Å². The molecule has 0 saturated carbocycles. The number of carbonyl (C=O) groups excluding carboxylic acids is 3. The molecule has 0 aliphatic rings. The smallest absolute Gasteiger partial charge is 0.315 e. The van der Waals surface area contributed by atoms with Gasteiger partial charge in [0, 0.05) is 19.3 Å². The Balaban J connectivity index is 4.38. The monoisotopic (exact) mass is 430 g/mol. The molecule has 0 aromatic carbocycles. The highest BCUT2D eigenvalue weighted by Crippen LogP contribution is 2.15. The van der Waals surface area contributed by atoms with Gasteiger partial charge in [-0.2, -0.15) is 0 Å². The Kier molecular flexibility index (Phi) is 17.5. The van der Waals surface area contributed by atoms with Crippen LogP contribution in [0.1, 0.15) is 97.3 Å². The highest BCUT2D eigenvalue weighted by atomic mass is 16.7. The van der Waals surface area contributed by atoms with Crippen molar-refractivity contribution in [2.45, 2.75) is 97.3 Å². The van der Waals surface area contributed by atoms with E-state index in [-0.39, 0.29) is 25.4 Å². The summed E-state index contributed by atoms with van der Waals surface area (Å²) in [6, 6.07) is 0. The van der Waals surface area contributed by atoms with Crippen LogP contribution in [0.5, 0.6) is 0 Å². The van der Waals surface area contributed by atoms with Crippen molar-refractivity contribution >= 4 is 23.9 Å². The quantitative estimate of drug-likeness (QED) is 0.182. The predicted octanol–water partition coefficient (Wildman–Crippen LogP) is 4.39. The lowest BCUT2D eigenvalue weighted by Crippen LogP contribution is -2.26. The van der Waals surface area contributed by atoms with Crippen molar-refractivity contribution in [3.63, 3.8) is 0 Å². The average molecular weight is 431 g/mol. The number of esters is 3. The van der Waals surface area contributed by atoms with Crippen LogP contribution in [0.4, 0.5) is 0 Å². The van der Waals surface area contributed by atoms with E-state index in [1.54, 1.807) is 0 Å². The van der Waals surface area contributed by atoms with Crippen LogP contribution in [0.3, 0.4) is 0 Å². The van der Waals surface area contributed by atoms with Gasteiger partial charge < -0.3 is 19.3 Å². The number of carbonyl (C=O) groups is 4. The lowest BCUT2D eigenvalue weighted by atomic mass is 10.0. The average Bonchev–Trinajstić information content (AvgIpc) is 2.70. The van der Waals surface area contributed by atoms with E-state index in [0.29, 0.717) is 32.1 Å². The van der Waals surface area contributed by atoms with Gasteiger partial charge in [0.05, 0.1) is 5.92 Å². The normalized spacial score (nSPS) is 11.5. The minimum Gasteiger partial charge on any atom is -0.481 e. The van der Waals surface area contributed by atoms with Crippen LogP contribution in [-0.4, -0.2) is 42.4 Å². The van der Waals surface area contributed by atoms with Gasteiger partial charge in [-0.25, -0.2) is 0 Å². The fourth-order valence-electron chi connectivity index (χ4n) is 2.76. The zero-order valence-corrected chi connectivity index (χ0v) is 18.5. The number of ether oxygens (including phenoxy) is 3. The summed E-state index contributed by atoms with van der Waals surface area (Å²) in [6.07, 6.45) is 8.19. The van der Waals surface area contributed by atoms with Gasteiger partial charge in [-0.1, -0.05) is 52.4 Å². The lowest BCUT2D eigenvalue weighted by molar-refractivity contribution is -0.172. The van der Waals surface area contributed by atoms with Gasteiger partial charge in [-0.3, -0.25) is 19.2 Å². The van der Waals surface area contributed by atoms with Crippen molar-refractivity contribution in [2.75, 3.05) is 13.4 Å². The summed E-state index contributed by atoms with van der Waals surface area (Å²) >= 11 is 0. The maximum Gasteiger partial charge on any atom is 0.315 e. The van der Waals surface area contributed by atoms with Crippen molar-refractivity contribution < 1.29 is 38.5 Å². The van der Waals surface area contributed by atoms with Crippen molar-refractivity contribution in [1.29, 1.82) is 0 Å². The van der Waals surface area contributed by atoms with Crippen molar-refractivity contribution in [2.24, 2.45) is 5.92 Å². The highest BCUT2D eigenvalue weighted by molar-refractivity contribution is 5.74. The summed E-state index contributed by atoms with van der Waals surface area (Å²) in [7, 11) is 0. The third kappa shape index (κ3) is 16.8. The van der Waals surface area contributed by atoms with E-state index in [1.165, 1.54) is 0 Å². The molecular weight excluding hydrogens is 392 g/mol. The molecule has 1 unspecified atom stereocenters. The van der Waals surface area contributed by atoms with Crippen molar-refractivity contribution in [3.05, 3.63) is 0 Å². The first-order chi connectivity index (χ1) is 14.4. The molecule has 174 valence electrons. The van der Waals surface area contributed by atoms with Gasteiger partial charge in [0.2, 0.25) is 6.79 Å². The fourth-order valence-corrected chi connectivity index (χ4v) is 2.76. The van der Waals surface area contributed by atoms with E-state index in [4.69, 9.17) is 19.3 Å². The molecular formula is C22H38O8. The summed E-state index contributed by atoms with van der Waals surface area (Å²) in [5.74, 6) is -2.87. The van der Waals surface area contributed by atoms with E-state index in [1.807, 2.05) is 13.8 Å². The van der Waals surface area contributed by atoms with Crippen LogP contribution in [0.15, 0.2) is 0 Å². The molecule has 0 aromatic rings. The summed E-state index contributed by atoms with van der Waals surface area (Å²) in [5, 5.41) is 8.68. The summed E-state index contributed by atoms with van der Waals surface area (Å²) in [4.78, 5) is 46.3. The molecule has 8 heteroatoms. The minimum absolute atomic E-state index is 0.0789. The molecule has 30 heavy (non-hydrogen) atoms. The molecule has 0 rings (SSSR count). The van der Waals surface area contributed by atoms with Gasteiger partial charge in [0.25, 0.3) is 0 Å². The third-order valence-electron chi connectivity index (χ3n) is 4.61. The van der Waals surface area contributed by atoms with E-state index in [9.17, 15) is 19.2 Å². The summed E-state index contributed by atoms with van der Waals surface area (Å²) in [6.45, 7) is 3.53. The van der Waals surface area contributed by atoms with Gasteiger partial charge in [0.15, 0.2) is 0 Å². The summed E-state index contributed by atoms with van der Waals surface area (Å²) in [5.41, 5.74) is 0. The van der Waals surface area contributed by atoms with E-state index in [0.717, 1.165) is 38.5 Å². The van der Waals surface area contributed by atoms with Gasteiger partial charge in [0.1, 0.15) is 6.61 Å². The van der Waals surface area contributed by atoms with Gasteiger partial charge in [-0.15, -0.1) is 0 Å². The molecule has 1 atom stereocenters. The Morgan fingerprint density at radius 1 is 0.700 bits per heavy atom. The Hall–Kier alpha value is -2.12. The number of carboxylic acids is 1. The molecule has 0 aromatic heterocycles. The molecule has 0 bridgehead atoms. The second-order valence-corrected chi connectivity index (χ2v) is 7.38. The van der Waals surface area contributed by atoms with Crippen LogP contribution < -0.4 is 0 Å². The van der Waals surface area contributed by atoms with Gasteiger partial charge in [-0.05, 0) is 25.7 Å². The van der Waals surface area contributed by atoms with Crippen LogP contribution in [0.2, 0.25) is 0 Å². The fraction of sp³-hybridized carbons (Fsp3) is 0.818.